The minimum Gasteiger partial charge on any atom is -0.345 e. The number of nitrogens with zero attached hydrogens (tertiary/aromatic N) is 1. The molecule has 7 nitrogen and oxygen atoms in total. The second-order valence-corrected chi connectivity index (χ2v) is 8.71. The fourth-order valence-electron chi connectivity index (χ4n) is 4.83. The zero-order valence-corrected chi connectivity index (χ0v) is 19.0. The second kappa shape index (κ2) is 9.57. The predicted octanol–water partition coefficient (Wildman–Crippen LogP) is 3.35. The Hall–Kier alpha value is -3.48. The number of amides is 4. The lowest BCUT2D eigenvalue weighted by atomic mass is 9.88. The van der Waals surface area contributed by atoms with Crippen molar-refractivity contribution in [2.75, 3.05) is 0 Å². The first-order valence-corrected chi connectivity index (χ1v) is 11.6. The van der Waals surface area contributed by atoms with Crippen molar-refractivity contribution in [3.05, 3.63) is 70.8 Å². The summed E-state index contributed by atoms with van der Waals surface area (Å²) in [6.45, 7) is 4.50. The maximum absolute atomic E-state index is 13.2. The SMILES string of the molecule is CCC(CC)[C@@H](NC(=O)c1ccc2c(c1)CN(C1CCC(=O)NC1=O)C2=O)c1ccccc1. The summed E-state index contributed by atoms with van der Waals surface area (Å²) in [5, 5.41) is 5.51. The molecule has 2 N–H and O–H groups in total. The van der Waals surface area contributed by atoms with Crippen molar-refractivity contribution in [3.8, 4) is 0 Å². The molecule has 33 heavy (non-hydrogen) atoms. The molecule has 4 rings (SSSR count). The third kappa shape index (κ3) is 4.53. The van der Waals surface area contributed by atoms with Gasteiger partial charge in [-0.3, -0.25) is 24.5 Å². The average molecular weight is 448 g/mol. The van der Waals surface area contributed by atoms with Crippen molar-refractivity contribution in [2.45, 2.75) is 58.2 Å². The van der Waals surface area contributed by atoms with Gasteiger partial charge >= 0.3 is 0 Å². The van der Waals surface area contributed by atoms with Crippen LogP contribution in [0.3, 0.4) is 0 Å². The van der Waals surface area contributed by atoms with E-state index in [1.54, 1.807) is 18.2 Å². The van der Waals surface area contributed by atoms with Gasteiger partial charge < -0.3 is 10.2 Å². The van der Waals surface area contributed by atoms with E-state index in [4.69, 9.17) is 0 Å². The molecule has 7 heteroatoms. The first-order chi connectivity index (χ1) is 15.9. The van der Waals surface area contributed by atoms with Gasteiger partial charge in [0.1, 0.15) is 6.04 Å². The molecule has 0 spiro atoms. The van der Waals surface area contributed by atoms with Crippen LogP contribution in [0.4, 0.5) is 0 Å². The summed E-state index contributed by atoms with van der Waals surface area (Å²) in [5.74, 6) is -0.891. The van der Waals surface area contributed by atoms with Crippen molar-refractivity contribution < 1.29 is 19.2 Å². The summed E-state index contributed by atoms with van der Waals surface area (Å²) >= 11 is 0. The van der Waals surface area contributed by atoms with Crippen LogP contribution in [0.15, 0.2) is 48.5 Å². The lowest BCUT2D eigenvalue weighted by Crippen LogP contribution is -2.52. The quantitative estimate of drug-likeness (QED) is 0.637. The van der Waals surface area contributed by atoms with Crippen LogP contribution in [0, 0.1) is 5.92 Å². The van der Waals surface area contributed by atoms with Gasteiger partial charge in [-0.1, -0.05) is 57.0 Å². The number of rotatable bonds is 7. The zero-order chi connectivity index (χ0) is 23.5. The summed E-state index contributed by atoms with van der Waals surface area (Å²) in [5.41, 5.74) is 2.77. The molecule has 4 amide bonds. The van der Waals surface area contributed by atoms with Gasteiger partial charge in [0.25, 0.3) is 11.8 Å². The standard InChI is InChI=1S/C26H29N3O4/c1-3-16(4-2)23(17-8-6-5-7-9-17)28-24(31)18-10-11-20-19(14-18)15-29(26(20)33)21-12-13-22(30)27-25(21)32/h5-11,14,16,21,23H,3-4,12-13,15H2,1-2H3,(H,28,31)(H,27,30,32)/t21?,23-/m1/s1. The average Bonchev–Trinajstić information content (AvgIpc) is 3.15. The van der Waals surface area contributed by atoms with Crippen LogP contribution in [-0.2, 0) is 16.1 Å². The first-order valence-electron chi connectivity index (χ1n) is 11.6. The van der Waals surface area contributed by atoms with E-state index in [0.717, 1.165) is 24.0 Å². The van der Waals surface area contributed by atoms with Gasteiger partial charge in [-0.25, -0.2) is 0 Å². The first kappa shape index (κ1) is 22.7. The lowest BCUT2D eigenvalue weighted by molar-refractivity contribution is -0.136. The second-order valence-electron chi connectivity index (χ2n) is 8.71. The highest BCUT2D eigenvalue weighted by molar-refractivity contribution is 6.06. The predicted molar refractivity (Wildman–Crippen MR) is 123 cm³/mol. The van der Waals surface area contributed by atoms with Crippen LogP contribution in [0.1, 0.15) is 77.4 Å². The minimum atomic E-state index is -0.669. The van der Waals surface area contributed by atoms with E-state index in [1.165, 1.54) is 4.90 Å². The van der Waals surface area contributed by atoms with E-state index in [2.05, 4.69) is 24.5 Å². The highest BCUT2D eigenvalue weighted by Crippen LogP contribution is 2.30. The van der Waals surface area contributed by atoms with Gasteiger partial charge in [-0.2, -0.15) is 0 Å². The molecule has 2 aromatic carbocycles. The number of carbonyl (C=O) groups excluding carboxylic acids is 4. The minimum absolute atomic E-state index is 0.108. The van der Waals surface area contributed by atoms with Crippen molar-refractivity contribution in [1.29, 1.82) is 0 Å². The molecule has 2 aromatic rings. The molecular formula is C26H29N3O4. The molecule has 2 heterocycles. The molecule has 1 fully saturated rings. The molecule has 2 aliphatic heterocycles. The van der Waals surface area contributed by atoms with Gasteiger partial charge in [-0.15, -0.1) is 0 Å². The largest absolute Gasteiger partial charge is 0.345 e. The molecular weight excluding hydrogens is 418 g/mol. The Kier molecular flexibility index (Phi) is 6.58. The molecule has 0 aromatic heterocycles. The maximum Gasteiger partial charge on any atom is 0.255 e. The van der Waals surface area contributed by atoms with Crippen LogP contribution >= 0.6 is 0 Å². The lowest BCUT2D eigenvalue weighted by Gasteiger charge is -2.29. The Bertz CT molecular complexity index is 1080. The van der Waals surface area contributed by atoms with Gasteiger partial charge in [0, 0.05) is 24.1 Å². The number of hydrogen-bond acceptors (Lipinski definition) is 4. The summed E-state index contributed by atoms with van der Waals surface area (Å²) in [6.07, 6.45) is 2.40. The van der Waals surface area contributed by atoms with Crippen molar-refractivity contribution in [1.82, 2.24) is 15.5 Å². The maximum atomic E-state index is 13.2. The molecule has 2 atom stereocenters. The van der Waals surface area contributed by atoms with Crippen LogP contribution in [0.5, 0.6) is 0 Å². The molecule has 0 aliphatic carbocycles. The third-order valence-electron chi connectivity index (χ3n) is 6.75. The number of nitrogens with one attached hydrogen (secondary N) is 2. The van der Waals surface area contributed by atoms with Crippen molar-refractivity contribution in [2.24, 2.45) is 5.92 Å². The van der Waals surface area contributed by atoms with Gasteiger partial charge in [0.2, 0.25) is 11.8 Å². The van der Waals surface area contributed by atoms with E-state index < -0.39 is 11.9 Å². The molecule has 1 saturated heterocycles. The highest BCUT2D eigenvalue weighted by Gasteiger charge is 2.39. The fraction of sp³-hybridized carbons (Fsp3) is 0.385. The van der Waals surface area contributed by atoms with Crippen molar-refractivity contribution >= 4 is 23.6 Å². The van der Waals surface area contributed by atoms with Crippen LogP contribution in [0.2, 0.25) is 0 Å². The normalized spacial score (nSPS) is 18.8. The monoisotopic (exact) mass is 447 g/mol. The third-order valence-corrected chi connectivity index (χ3v) is 6.75. The Morgan fingerprint density at radius 2 is 1.82 bits per heavy atom. The van der Waals surface area contributed by atoms with Crippen LogP contribution in [-0.4, -0.2) is 34.6 Å². The number of piperidine rings is 1. The Morgan fingerprint density at radius 1 is 1.09 bits per heavy atom. The molecule has 0 radical (unpaired) electrons. The van der Waals surface area contributed by atoms with E-state index in [0.29, 0.717) is 23.5 Å². The number of fused-ring (bicyclic) bond motifs is 1. The van der Waals surface area contributed by atoms with Crippen molar-refractivity contribution in [3.63, 3.8) is 0 Å². The number of hydrogen-bond donors (Lipinski definition) is 2. The highest BCUT2D eigenvalue weighted by atomic mass is 16.2. The molecule has 0 saturated carbocycles. The van der Waals surface area contributed by atoms with E-state index in [1.807, 2.05) is 30.3 Å². The number of carbonyl (C=O) groups is 4. The molecule has 0 bridgehead atoms. The van der Waals surface area contributed by atoms with Crippen LogP contribution in [0.25, 0.3) is 0 Å². The molecule has 172 valence electrons. The van der Waals surface area contributed by atoms with Gasteiger partial charge in [0.15, 0.2) is 0 Å². The smallest absolute Gasteiger partial charge is 0.255 e. The fourth-order valence-corrected chi connectivity index (χ4v) is 4.83. The summed E-state index contributed by atoms with van der Waals surface area (Å²) in [6, 6.07) is 14.3. The summed E-state index contributed by atoms with van der Waals surface area (Å²) in [7, 11) is 0. The van der Waals surface area contributed by atoms with E-state index in [-0.39, 0.29) is 36.7 Å². The Morgan fingerprint density at radius 3 is 2.48 bits per heavy atom. The van der Waals surface area contributed by atoms with E-state index >= 15 is 0 Å². The van der Waals surface area contributed by atoms with Gasteiger partial charge in [0.05, 0.1) is 6.04 Å². The number of imide groups is 1. The van der Waals surface area contributed by atoms with Gasteiger partial charge in [-0.05, 0) is 41.7 Å². The number of benzene rings is 2. The van der Waals surface area contributed by atoms with E-state index in [9.17, 15) is 19.2 Å². The zero-order valence-electron chi connectivity index (χ0n) is 19.0. The summed E-state index contributed by atoms with van der Waals surface area (Å²) < 4.78 is 0. The van der Waals surface area contributed by atoms with Crippen LogP contribution < -0.4 is 10.6 Å². The Balaban J connectivity index is 1.53. The summed E-state index contributed by atoms with van der Waals surface area (Å²) in [4.78, 5) is 51.3. The Labute approximate surface area is 193 Å². The molecule has 2 aliphatic rings. The topological polar surface area (TPSA) is 95.6 Å². The molecule has 1 unspecified atom stereocenters.